The van der Waals surface area contributed by atoms with Crippen molar-refractivity contribution in [3.63, 3.8) is 0 Å². The highest BCUT2D eigenvalue weighted by molar-refractivity contribution is 7.26. The van der Waals surface area contributed by atoms with E-state index in [0.29, 0.717) is 0 Å². The SMILES string of the molecule is c1ccc2cc3c(cc2c1)sc1cccc(-c2ccc(N(c4ccc5sc6ccccc6c5c4)c4ccc5sc6ccccc6c5c4)cc2)c13. The zero-order chi connectivity index (χ0) is 32.8. The molecule has 0 bridgehead atoms. The van der Waals surface area contributed by atoms with Crippen LogP contribution >= 0.6 is 34.0 Å². The lowest BCUT2D eigenvalue weighted by Gasteiger charge is -2.26. The maximum absolute atomic E-state index is 2.42. The summed E-state index contributed by atoms with van der Waals surface area (Å²) in [6.45, 7) is 0. The molecule has 0 unspecified atom stereocenters. The van der Waals surface area contributed by atoms with E-state index in [1.165, 1.54) is 82.4 Å². The molecule has 0 aliphatic rings. The Morgan fingerprint density at radius 2 is 0.840 bits per heavy atom. The molecule has 4 heteroatoms. The summed E-state index contributed by atoms with van der Waals surface area (Å²) in [7, 11) is 0. The number of fused-ring (bicyclic) bond motifs is 10. The van der Waals surface area contributed by atoms with Gasteiger partial charge in [0, 0.05) is 77.6 Å². The molecular formula is C46H27NS3. The molecule has 234 valence electrons. The van der Waals surface area contributed by atoms with Gasteiger partial charge in [-0.1, -0.05) is 84.9 Å². The number of benzene rings is 8. The average molecular weight is 690 g/mol. The van der Waals surface area contributed by atoms with Gasteiger partial charge in [0.15, 0.2) is 0 Å². The fraction of sp³-hybridized carbons (Fsp3) is 0. The summed E-state index contributed by atoms with van der Waals surface area (Å²) in [5, 5.41) is 10.5. The molecule has 0 radical (unpaired) electrons. The van der Waals surface area contributed by atoms with E-state index in [9.17, 15) is 0 Å². The predicted molar refractivity (Wildman–Crippen MR) is 223 cm³/mol. The molecule has 8 aromatic carbocycles. The Balaban J connectivity index is 1.09. The second-order valence-electron chi connectivity index (χ2n) is 12.9. The standard InChI is InChI=1S/C46H27NS3/c1-2-9-30-25-45-39(24-29(30)8-1)46-34(12-7-15-44(46)50-45)28-16-18-31(19-17-28)47(32-20-22-42-37(26-32)35-10-3-5-13-40(35)48-42)33-21-23-43-38(27-33)36-11-4-6-14-41(36)49-43/h1-27H. The van der Waals surface area contributed by atoms with E-state index in [2.05, 4.69) is 169 Å². The number of thiophene rings is 3. The lowest BCUT2D eigenvalue weighted by Crippen LogP contribution is -2.09. The summed E-state index contributed by atoms with van der Waals surface area (Å²) in [6.07, 6.45) is 0. The first-order valence-corrected chi connectivity index (χ1v) is 19.3. The van der Waals surface area contributed by atoms with Gasteiger partial charge in [-0.3, -0.25) is 0 Å². The Morgan fingerprint density at radius 3 is 1.50 bits per heavy atom. The van der Waals surface area contributed by atoms with E-state index in [0.717, 1.165) is 17.1 Å². The first-order valence-electron chi connectivity index (χ1n) is 16.8. The van der Waals surface area contributed by atoms with Gasteiger partial charge in [-0.05, 0) is 101 Å². The van der Waals surface area contributed by atoms with Crippen LogP contribution < -0.4 is 4.90 Å². The van der Waals surface area contributed by atoms with Crippen LogP contribution in [0.25, 0.3) is 82.4 Å². The van der Waals surface area contributed by atoms with E-state index in [-0.39, 0.29) is 0 Å². The van der Waals surface area contributed by atoms with Gasteiger partial charge in [0.25, 0.3) is 0 Å². The maximum atomic E-state index is 2.42. The van der Waals surface area contributed by atoms with Crippen molar-refractivity contribution in [2.45, 2.75) is 0 Å². The zero-order valence-electron chi connectivity index (χ0n) is 26.8. The van der Waals surface area contributed by atoms with Crippen molar-refractivity contribution in [2.75, 3.05) is 4.90 Å². The number of rotatable bonds is 4. The van der Waals surface area contributed by atoms with E-state index in [1.807, 2.05) is 34.0 Å². The van der Waals surface area contributed by atoms with Crippen molar-refractivity contribution in [1.29, 1.82) is 0 Å². The van der Waals surface area contributed by atoms with Gasteiger partial charge in [-0.15, -0.1) is 34.0 Å². The highest BCUT2D eigenvalue weighted by Crippen LogP contribution is 2.45. The van der Waals surface area contributed by atoms with Crippen LogP contribution in [0, 0.1) is 0 Å². The highest BCUT2D eigenvalue weighted by Gasteiger charge is 2.18. The topological polar surface area (TPSA) is 3.24 Å². The number of nitrogens with zero attached hydrogens (tertiary/aromatic N) is 1. The molecule has 0 atom stereocenters. The van der Waals surface area contributed by atoms with E-state index in [1.54, 1.807) is 0 Å². The molecule has 0 aliphatic heterocycles. The van der Waals surface area contributed by atoms with E-state index in [4.69, 9.17) is 0 Å². The Morgan fingerprint density at radius 1 is 0.320 bits per heavy atom. The fourth-order valence-corrected chi connectivity index (χ4v) is 11.0. The van der Waals surface area contributed by atoms with Gasteiger partial charge in [0.1, 0.15) is 0 Å². The summed E-state index contributed by atoms with van der Waals surface area (Å²) in [4.78, 5) is 2.42. The molecule has 0 spiro atoms. The van der Waals surface area contributed by atoms with E-state index >= 15 is 0 Å². The lowest BCUT2D eigenvalue weighted by atomic mass is 9.98. The second kappa shape index (κ2) is 11.0. The maximum Gasteiger partial charge on any atom is 0.0468 e. The van der Waals surface area contributed by atoms with Crippen molar-refractivity contribution in [1.82, 2.24) is 0 Å². The van der Waals surface area contributed by atoms with Crippen molar-refractivity contribution in [3.05, 3.63) is 164 Å². The van der Waals surface area contributed by atoms with Crippen molar-refractivity contribution >= 4 is 122 Å². The highest BCUT2D eigenvalue weighted by atomic mass is 32.1. The zero-order valence-corrected chi connectivity index (χ0v) is 29.2. The molecule has 0 fully saturated rings. The molecule has 11 rings (SSSR count). The van der Waals surface area contributed by atoms with Crippen molar-refractivity contribution in [2.24, 2.45) is 0 Å². The fourth-order valence-electron chi connectivity index (χ4n) is 7.70. The number of hydrogen-bond acceptors (Lipinski definition) is 4. The lowest BCUT2D eigenvalue weighted by molar-refractivity contribution is 1.30. The Hall–Kier alpha value is -5.52. The number of anilines is 3. The van der Waals surface area contributed by atoms with E-state index < -0.39 is 0 Å². The average Bonchev–Trinajstić information content (AvgIpc) is 3.85. The first kappa shape index (κ1) is 28.3. The van der Waals surface area contributed by atoms with Crippen LogP contribution in [0.4, 0.5) is 17.1 Å². The predicted octanol–water partition coefficient (Wildman–Crippen LogP) is 15.1. The van der Waals surface area contributed by atoms with Crippen LogP contribution in [0.3, 0.4) is 0 Å². The molecule has 11 aromatic rings. The van der Waals surface area contributed by atoms with Gasteiger partial charge < -0.3 is 4.90 Å². The van der Waals surface area contributed by atoms with Gasteiger partial charge in [0.05, 0.1) is 0 Å². The normalized spacial score (nSPS) is 12.0. The molecule has 0 saturated heterocycles. The minimum atomic E-state index is 1.14. The van der Waals surface area contributed by atoms with Crippen LogP contribution in [-0.4, -0.2) is 0 Å². The minimum Gasteiger partial charge on any atom is -0.310 e. The first-order chi connectivity index (χ1) is 24.7. The van der Waals surface area contributed by atoms with Gasteiger partial charge >= 0.3 is 0 Å². The Bertz CT molecular complexity index is 2990. The number of hydrogen-bond donors (Lipinski definition) is 0. The summed E-state index contributed by atoms with van der Waals surface area (Å²) < 4.78 is 7.93. The molecule has 50 heavy (non-hydrogen) atoms. The molecule has 0 amide bonds. The van der Waals surface area contributed by atoms with Crippen LogP contribution in [-0.2, 0) is 0 Å². The monoisotopic (exact) mass is 689 g/mol. The van der Waals surface area contributed by atoms with Crippen LogP contribution in [0.15, 0.2) is 164 Å². The molecule has 0 N–H and O–H groups in total. The van der Waals surface area contributed by atoms with Crippen molar-refractivity contribution in [3.8, 4) is 11.1 Å². The third kappa shape index (κ3) is 4.36. The summed E-state index contributed by atoms with van der Waals surface area (Å²) in [5.41, 5.74) is 5.96. The molecular weight excluding hydrogens is 663 g/mol. The van der Waals surface area contributed by atoms with Gasteiger partial charge in [-0.2, -0.15) is 0 Å². The molecule has 0 saturated carbocycles. The molecule has 0 aliphatic carbocycles. The second-order valence-corrected chi connectivity index (χ2v) is 16.2. The minimum absolute atomic E-state index is 1.14. The Kier molecular flexibility index (Phi) is 6.23. The summed E-state index contributed by atoms with van der Waals surface area (Å²) >= 11 is 5.61. The molecule has 3 aromatic heterocycles. The van der Waals surface area contributed by atoms with Crippen LogP contribution in [0.5, 0.6) is 0 Å². The van der Waals surface area contributed by atoms with Gasteiger partial charge in [0.2, 0.25) is 0 Å². The van der Waals surface area contributed by atoms with Crippen molar-refractivity contribution < 1.29 is 0 Å². The molecule has 3 heterocycles. The van der Waals surface area contributed by atoms with Gasteiger partial charge in [-0.25, -0.2) is 0 Å². The van der Waals surface area contributed by atoms with Crippen LogP contribution in [0.1, 0.15) is 0 Å². The quantitative estimate of drug-likeness (QED) is 0.178. The third-order valence-electron chi connectivity index (χ3n) is 10.0. The van der Waals surface area contributed by atoms with Crippen LogP contribution in [0.2, 0.25) is 0 Å². The summed E-state index contributed by atoms with van der Waals surface area (Å²) in [6, 6.07) is 60.8. The summed E-state index contributed by atoms with van der Waals surface area (Å²) in [5.74, 6) is 0. The third-order valence-corrected chi connectivity index (χ3v) is 13.5. The molecule has 1 nitrogen and oxygen atoms in total. The Labute approximate surface area is 300 Å². The smallest absolute Gasteiger partial charge is 0.0468 e. The largest absolute Gasteiger partial charge is 0.310 e.